The molecule has 0 aliphatic rings. The number of hydrogen-bond donors (Lipinski definition) is 1. The molecule has 0 spiro atoms. The first-order valence-corrected chi connectivity index (χ1v) is 6.67. The molecule has 0 aliphatic carbocycles. The topological polar surface area (TPSA) is 72.0 Å². The van der Waals surface area contributed by atoms with Gasteiger partial charge in [0, 0.05) is 13.4 Å². The number of nitrogens with one attached hydrogen (secondary N) is 1. The third-order valence-corrected chi connectivity index (χ3v) is 4.33. The van der Waals surface area contributed by atoms with Gasteiger partial charge in [-0.05, 0) is 50.4 Å². The van der Waals surface area contributed by atoms with E-state index in [0.29, 0.717) is 5.69 Å². The number of hydrogen-bond acceptors (Lipinski definition) is 4. The number of anilines is 1. The SMILES string of the molecule is Cc1c(Br)cc(Br)c(NN=C(C#N)C#N)c1Br. The molecule has 7 heteroatoms. The van der Waals surface area contributed by atoms with Gasteiger partial charge < -0.3 is 0 Å². The fourth-order valence-corrected chi connectivity index (χ4v) is 3.28. The van der Waals surface area contributed by atoms with E-state index in [-0.39, 0.29) is 5.71 Å². The van der Waals surface area contributed by atoms with E-state index >= 15 is 0 Å². The molecule has 4 nitrogen and oxygen atoms in total. The average Bonchev–Trinajstić information content (AvgIpc) is 2.31. The summed E-state index contributed by atoms with van der Waals surface area (Å²) in [6, 6.07) is 5.20. The third kappa shape index (κ3) is 3.29. The lowest BCUT2D eigenvalue weighted by molar-refractivity contribution is 1.28. The predicted molar refractivity (Wildman–Crippen MR) is 76.6 cm³/mol. The number of benzene rings is 1. The maximum absolute atomic E-state index is 8.57. The van der Waals surface area contributed by atoms with E-state index < -0.39 is 0 Å². The zero-order valence-corrected chi connectivity index (χ0v) is 13.3. The van der Waals surface area contributed by atoms with Crippen molar-refractivity contribution in [3.63, 3.8) is 0 Å². The summed E-state index contributed by atoms with van der Waals surface area (Å²) in [7, 11) is 0. The van der Waals surface area contributed by atoms with E-state index in [1.807, 2.05) is 13.0 Å². The minimum Gasteiger partial charge on any atom is -0.274 e. The molecule has 0 atom stereocenters. The summed E-state index contributed by atoms with van der Waals surface area (Å²) >= 11 is 10.2. The van der Waals surface area contributed by atoms with Crippen LogP contribution >= 0.6 is 47.8 Å². The van der Waals surface area contributed by atoms with Gasteiger partial charge in [0.1, 0.15) is 12.1 Å². The largest absolute Gasteiger partial charge is 0.274 e. The van der Waals surface area contributed by atoms with Crippen LogP contribution < -0.4 is 5.43 Å². The Kier molecular flexibility index (Phi) is 5.13. The van der Waals surface area contributed by atoms with Crippen molar-refractivity contribution in [1.29, 1.82) is 10.5 Å². The molecule has 0 heterocycles. The molecule has 0 fully saturated rings. The minimum absolute atomic E-state index is 0.232. The molecule has 0 radical (unpaired) electrons. The Labute approximate surface area is 124 Å². The monoisotopic (exact) mass is 418 g/mol. The van der Waals surface area contributed by atoms with Gasteiger partial charge in [0.15, 0.2) is 0 Å². The zero-order chi connectivity index (χ0) is 13.0. The molecule has 1 N–H and O–H groups in total. The molecule has 1 aromatic carbocycles. The van der Waals surface area contributed by atoms with Gasteiger partial charge >= 0.3 is 0 Å². The summed E-state index contributed by atoms with van der Waals surface area (Å²) in [4.78, 5) is 0. The molecular weight excluding hydrogens is 416 g/mol. The van der Waals surface area contributed by atoms with Crippen molar-refractivity contribution in [1.82, 2.24) is 0 Å². The quantitative estimate of drug-likeness (QED) is 0.578. The summed E-state index contributed by atoms with van der Waals surface area (Å²) in [5.41, 5.74) is 4.10. The molecule has 0 saturated heterocycles. The summed E-state index contributed by atoms with van der Waals surface area (Å²) in [6.07, 6.45) is 0. The average molecular weight is 421 g/mol. The van der Waals surface area contributed by atoms with E-state index in [4.69, 9.17) is 10.5 Å². The number of rotatable bonds is 2. The first-order valence-electron chi connectivity index (χ1n) is 4.29. The van der Waals surface area contributed by atoms with Crippen molar-refractivity contribution in [3.8, 4) is 12.1 Å². The van der Waals surface area contributed by atoms with Gasteiger partial charge in [-0.1, -0.05) is 15.9 Å². The summed E-state index contributed by atoms with van der Waals surface area (Å²) < 4.78 is 2.50. The zero-order valence-electron chi connectivity index (χ0n) is 8.55. The number of halogens is 3. The molecule has 0 bridgehead atoms. The molecule has 1 rings (SSSR count). The molecule has 17 heavy (non-hydrogen) atoms. The van der Waals surface area contributed by atoms with E-state index in [0.717, 1.165) is 19.0 Å². The Morgan fingerprint density at radius 1 is 1.24 bits per heavy atom. The van der Waals surface area contributed by atoms with Crippen molar-refractivity contribution >= 4 is 59.2 Å². The van der Waals surface area contributed by atoms with Gasteiger partial charge in [-0.3, -0.25) is 5.43 Å². The standard InChI is InChI=1S/C10H5Br3N4/c1-5-7(11)2-8(12)10(9(5)13)17-16-6(3-14)4-15/h2,17H,1H3. The Morgan fingerprint density at radius 2 is 1.82 bits per heavy atom. The molecular formula is C10H5Br3N4. The summed E-state index contributed by atoms with van der Waals surface area (Å²) in [5, 5.41) is 20.8. The molecule has 1 aromatic rings. The van der Waals surface area contributed by atoms with Gasteiger partial charge in [0.25, 0.3) is 0 Å². The number of nitriles is 2. The van der Waals surface area contributed by atoms with Crippen LogP contribution in [-0.2, 0) is 0 Å². The lowest BCUT2D eigenvalue weighted by Crippen LogP contribution is -1.99. The number of nitrogens with zero attached hydrogens (tertiary/aromatic N) is 3. The highest BCUT2D eigenvalue weighted by molar-refractivity contribution is 9.11. The maximum Gasteiger partial charge on any atom is 0.237 e. The van der Waals surface area contributed by atoms with E-state index in [9.17, 15) is 0 Å². The fraction of sp³-hybridized carbons (Fsp3) is 0.100. The first-order chi connectivity index (χ1) is 8.01. The highest BCUT2D eigenvalue weighted by Gasteiger charge is 2.11. The Balaban J connectivity index is 3.18. The summed E-state index contributed by atoms with van der Waals surface area (Å²) in [6.45, 7) is 1.92. The number of hydrazone groups is 1. The van der Waals surface area contributed by atoms with E-state index in [1.54, 1.807) is 12.1 Å². The maximum atomic E-state index is 8.57. The second kappa shape index (κ2) is 6.15. The highest BCUT2D eigenvalue weighted by Crippen LogP contribution is 2.37. The van der Waals surface area contributed by atoms with Crippen molar-refractivity contribution < 1.29 is 0 Å². The molecule has 86 valence electrons. The fourth-order valence-electron chi connectivity index (χ4n) is 0.978. The van der Waals surface area contributed by atoms with E-state index in [1.165, 1.54) is 0 Å². The lowest BCUT2D eigenvalue weighted by atomic mass is 10.2. The van der Waals surface area contributed by atoms with Crippen molar-refractivity contribution in [2.75, 3.05) is 5.43 Å². The van der Waals surface area contributed by atoms with Crippen LogP contribution in [0.1, 0.15) is 5.56 Å². The van der Waals surface area contributed by atoms with Gasteiger partial charge in [-0.2, -0.15) is 15.6 Å². The minimum atomic E-state index is -0.232. The molecule has 0 saturated carbocycles. The molecule has 0 aliphatic heterocycles. The van der Waals surface area contributed by atoms with Crippen LogP contribution in [0.15, 0.2) is 24.6 Å². The molecule has 0 aromatic heterocycles. The van der Waals surface area contributed by atoms with Crippen LogP contribution in [0.3, 0.4) is 0 Å². The Hall–Kier alpha value is -0.890. The van der Waals surface area contributed by atoms with Crippen LogP contribution in [0.5, 0.6) is 0 Å². The first kappa shape index (κ1) is 14.2. The van der Waals surface area contributed by atoms with Gasteiger partial charge in [0.2, 0.25) is 5.71 Å². The van der Waals surface area contributed by atoms with Crippen molar-refractivity contribution in [3.05, 3.63) is 25.0 Å². The van der Waals surface area contributed by atoms with Crippen LogP contribution in [-0.4, -0.2) is 5.71 Å². The second-order valence-corrected chi connectivity index (χ2v) is 5.45. The van der Waals surface area contributed by atoms with Crippen molar-refractivity contribution in [2.45, 2.75) is 6.92 Å². The van der Waals surface area contributed by atoms with Crippen LogP contribution in [0.2, 0.25) is 0 Å². The normalized spacial score (nSPS) is 9.06. The van der Waals surface area contributed by atoms with Crippen molar-refractivity contribution in [2.24, 2.45) is 5.10 Å². The van der Waals surface area contributed by atoms with E-state index in [2.05, 4.69) is 58.3 Å². The van der Waals surface area contributed by atoms with Gasteiger partial charge in [-0.15, -0.1) is 0 Å². The van der Waals surface area contributed by atoms with Crippen LogP contribution in [0.4, 0.5) is 5.69 Å². The van der Waals surface area contributed by atoms with Crippen LogP contribution in [0, 0.1) is 29.6 Å². The van der Waals surface area contributed by atoms with Crippen LogP contribution in [0.25, 0.3) is 0 Å². The van der Waals surface area contributed by atoms with Gasteiger partial charge in [0.05, 0.1) is 5.69 Å². The Bertz CT molecular complexity index is 550. The third-order valence-electron chi connectivity index (χ3n) is 1.89. The molecule has 0 amide bonds. The summed E-state index contributed by atoms with van der Waals surface area (Å²) in [5.74, 6) is 0. The van der Waals surface area contributed by atoms with Gasteiger partial charge in [-0.25, -0.2) is 0 Å². The molecule has 0 unspecified atom stereocenters. The predicted octanol–water partition coefficient (Wildman–Crippen LogP) is 4.10. The Morgan fingerprint density at radius 3 is 2.35 bits per heavy atom. The lowest BCUT2D eigenvalue weighted by Gasteiger charge is -2.10. The second-order valence-electron chi connectivity index (χ2n) is 2.95. The smallest absolute Gasteiger partial charge is 0.237 e. The highest BCUT2D eigenvalue weighted by atomic mass is 79.9.